The normalized spacial score (nSPS) is 10.1. The molecular formula is C14H19N5O. The van der Waals surface area contributed by atoms with Gasteiger partial charge in [0.15, 0.2) is 0 Å². The fraction of sp³-hybridized carbons (Fsp3) is 0.357. The van der Waals surface area contributed by atoms with Crippen LogP contribution in [0.15, 0.2) is 30.6 Å². The summed E-state index contributed by atoms with van der Waals surface area (Å²) in [6, 6.07) is 5.67. The van der Waals surface area contributed by atoms with Crippen molar-refractivity contribution in [1.29, 1.82) is 0 Å². The van der Waals surface area contributed by atoms with Gasteiger partial charge >= 0.3 is 0 Å². The summed E-state index contributed by atoms with van der Waals surface area (Å²) in [5.74, 6) is 2.04. The third kappa shape index (κ3) is 4.08. The number of hydrogen-bond acceptors (Lipinski definition) is 6. The molecule has 2 aromatic heterocycles. The number of aromatic nitrogens is 3. The highest BCUT2D eigenvalue weighted by atomic mass is 16.5. The van der Waals surface area contributed by atoms with Crippen LogP contribution in [0.5, 0.6) is 5.88 Å². The number of hydrogen-bond donors (Lipinski definition) is 2. The SMILES string of the molecule is CCCNc1nccc(NCc2ccnc(OC)c2)n1. The van der Waals surface area contributed by atoms with Gasteiger partial charge in [-0.15, -0.1) is 0 Å². The van der Waals surface area contributed by atoms with Crippen molar-refractivity contribution >= 4 is 11.8 Å². The second kappa shape index (κ2) is 7.28. The third-order valence-corrected chi connectivity index (χ3v) is 2.67. The Morgan fingerprint density at radius 1 is 1.15 bits per heavy atom. The van der Waals surface area contributed by atoms with Gasteiger partial charge < -0.3 is 15.4 Å². The molecule has 106 valence electrons. The summed E-state index contributed by atoms with van der Waals surface area (Å²) in [5.41, 5.74) is 1.08. The molecule has 2 aromatic rings. The zero-order valence-corrected chi connectivity index (χ0v) is 11.8. The van der Waals surface area contributed by atoms with Crippen LogP contribution in [0, 0.1) is 0 Å². The summed E-state index contributed by atoms with van der Waals surface area (Å²) >= 11 is 0. The summed E-state index contributed by atoms with van der Waals surface area (Å²) in [6.45, 7) is 3.63. The molecule has 0 aliphatic rings. The first-order chi connectivity index (χ1) is 9.81. The van der Waals surface area contributed by atoms with E-state index in [1.54, 1.807) is 19.5 Å². The summed E-state index contributed by atoms with van der Waals surface area (Å²) < 4.78 is 5.10. The van der Waals surface area contributed by atoms with Gasteiger partial charge in [0.05, 0.1) is 7.11 Å². The van der Waals surface area contributed by atoms with E-state index in [0.717, 1.165) is 24.3 Å². The van der Waals surface area contributed by atoms with Gasteiger partial charge in [-0.25, -0.2) is 9.97 Å². The molecule has 0 bridgehead atoms. The van der Waals surface area contributed by atoms with Crippen molar-refractivity contribution in [3.05, 3.63) is 36.2 Å². The predicted octanol–water partition coefficient (Wildman–Crippen LogP) is 2.31. The number of nitrogens with zero attached hydrogens (tertiary/aromatic N) is 3. The third-order valence-electron chi connectivity index (χ3n) is 2.67. The van der Waals surface area contributed by atoms with Crippen LogP contribution < -0.4 is 15.4 Å². The molecule has 0 atom stereocenters. The monoisotopic (exact) mass is 273 g/mol. The number of ether oxygens (including phenoxy) is 1. The Balaban J connectivity index is 1.95. The number of pyridine rings is 1. The fourth-order valence-corrected chi connectivity index (χ4v) is 1.64. The minimum Gasteiger partial charge on any atom is -0.481 e. The van der Waals surface area contributed by atoms with Crippen LogP contribution in [-0.4, -0.2) is 28.6 Å². The van der Waals surface area contributed by atoms with Crippen LogP contribution in [0.3, 0.4) is 0 Å². The van der Waals surface area contributed by atoms with E-state index in [0.29, 0.717) is 18.4 Å². The molecule has 6 heteroatoms. The van der Waals surface area contributed by atoms with E-state index in [1.165, 1.54) is 0 Å². The lowest BCUT2D eigenvalue weighted by Crippen LogP contribution is -2.07. The fourth-order valence-electron chi connectivity index (χ4n) is 1.64. The Hall–Kier alpha value is -2.37. The van der Waals surface area contributed by atoms with E-state index in [9.17, 15) is 0 Å². The minimum absolute atomic E-state index is 0.609. The number of methoxy groups -OCH3 is 1. The molecular weight excluding hydrogens is 254 g/mol. The summed E-state index contributed by atoms with van der Waals surface area (Å²) in [6.07, 6.45) is 4.50. The van der Waals surface area contributed by atoms with Crippen molar-refractivity contribution in [1.82, 2.24) is 15.0 Å². The topological polar surface area (TPSA) is 72.0 Å². The standard InChI is InChI=1S/C14H19N5O/c1-3-6-16-14-17-8-5-12(19-14)18-10-11-4-7-15-13(9-11)20-2/h4-5,7-9H,3,6,10H2,1-2H3,(H2,16,17,18,19). The van der Waals surface area contributed by atoms with E-state index >= 15 is 0 Å². The lowest BCUT2D eigenvalue weighted by atomic mass is 10.2. The van der Waals surface area contributed by atoms with Crippen molar-refractivity contribution in [3.8, 4) is 5.88 Å². The maximum atomic E-state index is 5.10. The molecule has 0 fully saturated rings. The molecule has 2 rings (SSSR count). The Morgan fingerprint density at radius 2 is 2.00 bits per heavy atom. The van der Waals surface area contributed by atoms with Crippen molar-refractivity contribution in [2.45, 2.75) is 19.9 Å². The summed E-state index contributed by atoms with van der Waals surface area (Å²) in [7, 11) is 1.61. The smallest absolute Gasteiger partial charge is 0.224 e. The molecule has 0 aromatic carbocycles. The molecule has 6 nitrogen and oxygen atoms in total. The first-order valence-electron chi connectivity index (χ1n) is 6.61. The van der Waals surface area contributed by atoms with Gasteiger partial charge in [0.2, 0.25) is 11.8 Å². The average Bonchev–Trinajstić information content (AvgIpc) is 2.51. The van der Waals surface area contributed by atoms with Crippen LogP contribution in [0.25, 0.3) is 0 Å². The first kappa shape index (κ1) is 14.0. The summed E-state index contributed by atoms with van der Waals surface area (Å²) in [5, 5.41) is 6.41. The Bertz CT molecular complexity index is 547. The van der Waals surface area contributed by atoms with Gasteiger partial charge in [-0.3, -0.25) is 0 Å². The molecule has 0 spiro atoms. The van der Waals surface area contributed by atoms with Crippen LogP contribution in [0.1, 0.15) is 18.9 Å². The lowest BCUT2D eigenvalue weighted by Gasteiger charge is -2.08. The zero-order chi connectivity index (χ0) is 14.2. The van der Waals surface area contributed by atoms with Crippen LogP contribution in [0.4, 0.5) is 11.8 Å². The number of rotatable bonds is 7. The first-order valence-corrected chi connectivity index (χ1v) is 6.61. The van der Waals surface area contributed by atoms with Crippen LogP contribution in [0.2, 0.25) is 0 Å². The second-order valence-corrected chi connectivity index (χ2v) is 4.25. The molecule has 0 aliphatic heterocycles. The molecule has 0 radical (unpaired) electrons. The van der Waals surface area contributed by atoms with Crippen molar-refractivity contribution < 1.29 is 4.74 Å². The maximum Gasteiger partial charge on any atom is 0.224 e. The largest absolute Gasteiger partial charge is 0.481 e. The number of anilines is 2. The molecule has 0 amide bonds. The van der Waals surface area contributed by atoms with Gasteiger partial charge in [-0.1, -0.05) is 6.92 Å². The molecule has 0 unspecified atom stereocenters. The van der Waals surface area contributed by atoms with Crippen molar-refractivity contribution in [2.75, 3.05) is 24.3 Å². The molecule has 0 saturated heterocycles. The van der Waals surface area contributed by atoms with E-state index in [1.807, 2.05) is 18.2 Å². The van der Waals surface area contributed by atoms with Gasteiger partial charge in [-0.05, 0) is 24.1 Å². The molecule has 2 N–H and O–H groups in total. The predicted molar refractivity (Wildman–Crippen MR) is 78.9 cm³/mol. The van der Waals surface area contributed by atoms with Crippen LogP contribution >= 0.6 is 0 Å². The van der Waals surface area contributed by atoms with E-state index < -0.39 is 0 Å². The Kier molecular flexibility index (Phi) is 5.11. The Labute approximate surface area is 118 Å². The molecule has 0 aliphatic carbocycles. The van der Waals surface area contributed by atoms with Gasteiger partial charge in [0.1, 0.15) is 5.82 Å². The van der Waals surface area contributed by atoms with E-state index in [4.69, 9.17) is 4.74 Å². The lowest BCUT2D eigenvalue weighted by molar-refractivity contribution is 0.397. The summed E-state index contributed by atoms with van der Waals surface area (Å²) in [4.78, 5) is 12.6. The minimum atomic E-state index is 0.609. The molecule has 2 heterocycles. The maximum absolute atomic E-state index is 5.10. The molecule has 20 heavy (non-hydrogen) atoms. The number of nitrogens with one attached hydrogen (secondary N) is 2. The van der Waals surface area contributed by atoms with Crippen molar-refractivity contribution in [3.63, 3.8) is 0 Å². The quantitative estimate of drug-likeness (QED) is 0.806. The van der Waals surface area contributed by atoms with Gasteiger partial charge in [-0.2, -0.15) is 4.98 Å². The average molecular weight is 273 g/mol. The highest BCUT2D eigenvalue weighted by molar-refractivity contribution is 5.40. The highest BCUT2D eigenvalue weighted by Crippen LogP contribution is 2.11. The van der Waals surface area contributed by atoms with E-state index in [2.05, 4.69) is 32.5 Å². The molecule has 0 saturated carbocycles. The highest BCUT2D eigenvalue weighted by Gasteiger charge is 2.00. The van der Waals surface area contributed by atoms with E-state index in [-0.39, 0.29) is 0 Å². The Morgan fingerprint density at radius 3 is 2.80 bits per heavy atom. The van der Waals surface area contributed by atoms with Gasteiger partial charge in [0.25, 0.3) is 0 Å². The van der Waals surface area contributed by atoms with Gasteiger partial charge in [0, 0.05) is 31.5 Å². The second-order valence-electron chi connectivity index (χ2n) is 4.25. The van der Waals surface area contributed by atoms with Crippen LogP contribution in [-0.2, 0) is 6.54 Å². The zero-order valence-electron chi connectivity index (χ0n) is 11.8. The van der Waals surface area contributed by atoms with Crippen molar-refractivity contribution in [2.24, 2.45) is 0 Å².